The molecule has 0 N–H and O–H groups in total. The van der Waals surface area contributed by atoms with Gasteiger partial charge in [-0.05, 0) is 36.0 Å². The molecule has 0 radical (unpaired) electrons. The van der Waals surface area contributed by atoms with E-state index < -0.39 is 0 Å². The maximum absolute atomic E-state index is 11.3. The van der Waals surface area contributed by atoms with Gasteiger partial charge in [0.15, 0.2) is 0 Å². The molecule has 1 aromatic rings. The first-order valence-corrected chi connectivity index (χ1v) is 6.71. The normalized spacial score (nSPS) is 11.2. The average molecular weight is 264 g/mol. The fourth-order valence-electron chi connectivity index (χ4n) is 1.99. The zero-order valence-corrected chi connectivity index (χ0v) is 12.6. The Morgan fingerprint density at radius 2 is 1.95 bits per heavy atom. The fourth-order valence-corrected chi connectivity index (χ4v) is 1.99. The lowest BCUT2D eigenvalue weighted by Gasteiger charge is -2.22. The summed E-state index contributed by atoms with van der Waals surface area (Å²) in [5.74, 6) is 0.732. The Balaban J connectivity index is 2.80. The van der Waals surface area contributed by atoms with E-state index in [9.17, 15) is 4.79 Å². The van der Waals surface area contributed by atoms with Crippen LogP contribution in [0.5, 0.6) is 5.75 Å². The van der Waals surface area contributed by atoms with Gasteiger partial charge in [0.2, 0.25) is 0 Å². The van der Waals surface area contributed by atoms with Crippen LogP contribution in [-0.4, -0.2) is 19.7 Å². The van der Waals surface area contributed by atoms with Crippen LogP contribution in [0.2, 0.25) is 0 Å². The van der Waals surface area contributed by atoms with E-state index in [1.54, 1.807) is 7.11 Å². The van der Waals surface area contributed by atoms with E-state index in [1.807, 2.05) is 13.0 Å². The van der Waals surface area contributed by atoms with Crippen LogP contribution in [0.25, 0.3) is 0 Å². The van der Waals surface area contributed by atoms with Gasteiger partial charge >= 0.3 is 5.97 Å². The van der Waals surface area contributed by atoms with Crippen molar-refractivity contribution >= 4 is 5.97 Å². The van der Waals surface area contributed by atoms with Crippen molar-refractivity contribution in [2.75, 3.05) is 13.7 Å². The van der Waals surface area contributed by atoms with Crippen LogP contribution in [0.4, 0.5) is 0 Å². The minimum atomic E-state index is -0.152. The fraction of sp³-hybridized carbons (Fsp3) is 0.562. The molecule has 3 nitrogen and oxygen atoms in total. The average Bonchev–Trinajstić information content (AvgIpc) is 2.35. The number of hydrogen-bond donors (Lipinski definition) is 0. The van der Waals surface area contributed by atoms with Gasteiger partial charge in [0, 0.05) is 6.42 Å². The molecule has 0 unspecified atom stereocenters. The lowest BCUT2D eigenvalue weighted by molar-refractivity contribution is -0.143. The second-order valence-corrected chi connectivity index (χ2v) is 5.59. The van der Waals surface area contributed by atoms with Crippen molar-refractivity contribution in [1.29, 1.82) is 0 Å². The summed E-state index contributed by atoms with van der Waals surface area (Å²) in [5, 5.41) is 0. The van der Waals surface area contributed by atoms with E-state index in [0.29, 0.717) is 19.4 Å². The molecule has 0 bridgehead atoms. The van der Waals surface area contributed by atoms with Crippen LogP contribution in [0.3, 0.4) is 0 Å². The predicted octanol–water partition coefficient (Wildman–Crippen LogP) is 3.49. The first-order chi connectivity index (χ1) is 8.88. The highest BCUT2D eigenvalue weighted by atomic mass is 16.5. The van der Waals surface area contributed by atoms with Crippen LogP contribution in [0, 0.1) is 0 Å². The summed E-state index contributed by atoms with van der Waals surface area (Å²) in [4.78, 5) is 11.3. The molecule has 0 saturated heterocycles. The molecule has 0 atom stereocenters. The zero-order valence-electron chi connectivity index (χ0n) is 12.6. The van der Waals surface area contributed by atoms with Gasteiger partial charge in [-0.15, -0.1) is 0 Å². The Bertz CT molecular complexity index is 430. The molecule has 106 valence electrons. The molecule has 19 heavy (non-hydrogen) atoms. The van der Waals surface area contributed by atoms with Crippen molar-refractivity contribution in [3.63, 3.8) is 0 Å². The molecule has 0 aliphatic rings. The third kappa shape index (κ3) is 4.58. The van der Waals surface area contributed by atoms with E-state index in [0.717, 1.165) is 11.3 Å². The lowest BCUT2D eigenvalue weighted by atomic mass is 9.85. The summed E-state index contributed by atoms with van der Waals surface area (Å²) in [6.07, 6.45) is 1.09. The second kappa shape index (κ2) is 6.60. The number of ether oxygens (including phenoxy) is 2. The Morgan fingerprint density at radius 1 is 1.26 bits per heavy atom. The summed E-state index contributed by atoms with van der Waals surface area (Å²) in [7, 11) is 1.68. The third-order valence-corrected chi connectivity index (χ3v) is 3.00. The topological polar surface area (TPSA) is 35.5 Å². The van der Waals surface area contributed by atoms with Crippen molar-refractivity contribution in [2.45, 2.75) is 46.0 Å². The highest BCUT2D eigenvalue weighted by molar-refractivity contribution is 5.69. The molecular formula is C16H24O3. The number of rotatable bonds is 5. The van der Waals surface area contributed by atoms with Crippen molar-refractivity contribution in [2.24, 2.45) is 0 Å². The molecule has 0 saturated carbocycles. The monoisotopic (exact) mass is 264 g/mol. The van der Waals surface area contributed by atoms with Gasteiger partial charge in [0.25, 0.3) is 0 Å². The summed E-state index contributed by atoms with van der Waals surface area (Å²) in [6, 6.07) is 6.15. The van der Waals surface area contributed by atoms with Gasteiger partial charge in [-0.3, -0.25) is 4.79 Å². The van der Waals surface area contributed by atoms with E-state index in [1.165, 1.54) is 5.56 Å². The van der Waals surface area contributed by atoms with Crippen LogP contribution >= 0.6 is 0 Å². The number of methoxy groups -OCH3 is 1. The number of benzene rings is 1. The maximum Gasteiger partial charge on any atom is 0.306 e. The standard InChI is InChI=1S/C16H24O3/c1-6-19-15(17)10-8-12-7-9-13(16(2,3)4)14(11-12)18-5/h7,9,11H,6,8,10H2,1-5H3. The van der Waals surface area contributed by atoms with Gasteiger partial charge in [0.1, 0.15) is 5.75 Å². The van der Waals surface area contributed by atoms with Crippen molar-refractivity contribution in [1.82, 2.24) is 0 Å². The minimum Gasteiger partial charge on any atom is -0.496 e. The Hall–Kier alpha value is -1.51. The minimum absolute atomic E-state index is 0.0466. The van der Waals surface area contributed by atoms with Crippen molar-refractivity contribution < 1.29 is 14.3 Å². The first kappa shape index (κ1) is 15.5. The van der Waals surface area contributed by atoms with Crippen LogP contribution in [0.1, 0.15) is 45.2 Å². The molecule has 0 aliphatic carbocycles. The van der Waals surface area contributed by atoms with Gasteiger partial charge in [-0.2, -0.15) is 0 Å². The highest BCUT2D eigenvalue weighted by Crippen LogP contribution is 2.32. The SMILES string of the molecule is CCOC(=O)CCc1ccc(C(C)(C)C)c(OC)c1. The van der Waals surface area contributed by atoms with E-state index >= 15 is 0 Å². The first-order valence-electron chi connectivity index (χ1n) is 6.71. The maximum atomic E-state index is 11.3. The molecule has 0 aliphatic heterocycles. The van der Waals surface area contributed by atoms with Gasteiger partial charge in [-0.1, -0.05) is 32.9 Å². The second-order valence-electron chi connectivity index (χ2n) is 5.59. The molecule has 0 spiro atoms. The number of aryl methyl sites for hydroxylation is 1. The molecule has 0 amide bonds. The van der Waals surface area contributed by atoms with Gasteiger partial charge < -0.3 is 9.47 Å². The Morgan fingerprint density at radius 3 is 2.47 bits per heavy atom. The molecule has 0 heterocycles. The largest absolute Gasteiger partial charge is 0.496 e. The van der Waals surface area contributed by atoms with Crippen molar-refractivity contribution in [3.8, 4) is 5.75 Å². The molecule has 1 aromatic carbocycles. The highest BCUT2D eigenvalue weighted by Gasteiger charge is 2.18. The van der Waals surface area contributed by atoms with E-state index in [2.05, 4.69) is 32.9 Å². The summed E-state index contributed by atoms with van der Waals surface area (Å²) >= 11 is 0. The zero-order chi connectivity index (χ0) is 14.5. The Kier molecular flexibility index (Phi) is 5.40. The van der Waals surface area contributed by atoms with Gasteiger partial charge in [0.05, 0.1) is 13.7 Å². The molecule has 0 aromatic heterocycles. The molecule has 0 fully saturated rings. The molecule has 1 rings (SSSR count). The summed E-state index contributed by atoms with van der Waals surface area (Å²) in [6.45, 7) is 8.72. The number of hydrogen-bond acceptors (Lipinski definition) is 3. The number of carbonyl (C=O) groups is 1. The lowest BCUT2D eigenvalue weighted by Crippen LogP contribution is -2.13. The number of esters is 1. The Labute approximate surface area is 115 Å². The summed E-state index contributed by atoms with van der Waals surface area (Å²) < 4.78 is 10.4. The van der Waals surface area contributed by atoms with E-state index in [-0.39, 0.29) is 11.4 Å². The van der Waals surface area contributed by atoms with Crippen LogP contribution in [0.15, 0.2) is 18.2 Å². The quantitative estimate of drug-likeness (QED) is 0.764. The van der Waals surface area contributed by atoms with Crippen molar-refractivity contribution in [3.05, 3.63) is 29.3 Å². The summed E-state index contributed by atoms with van der Waals surface area (Å²) in [5.41, 5.74) is 2.32. The third-order valence-electron chi connectivity index (χ3n) is 3.00. The number of carbonyl (C=O) groups excluding carboxylic acids is 1. The predicted molar refractivity (Wildman–Crippen MR) is 76.6 cm³/mol. The smallest absolute Gasteiger partial charge is 0.306 e. The van der Waals surface area contributed by atoms with Crippen LogP contribution in [-0.2, 0) is 21.4 Å². The van der Waals surface area contributed by atoms with Crippen LogP contribution < -0.4 is 4.74 Å². The molecule has 3 heteroatoms. The van der Waals surface area contributed by atoms with E-state index in [4.69, 9.17) is 9.47 Å². The van der Waals surface area contributed by atoms with Gasteiger partial charge in [-0.25, -0.2) is 0 Å². The molecular weight excluding hydrogens is 240 g/mol.